The summed E-state index contributed by atoms with van der Waals surface area (Å²) in [6.07, 6.45) is -0.769. The van der Waals surface area contributed by atoms with Crippen LogP contribution in [0.25, 0.3) is 0 Å². The van der Waals surface area contributed by atoms with Gasteiger partial charge in [0.25, 0.3) is 0 Å². The highest BCUT2D eigenvalue weighted by Gasteiger charge is 2.31. The second kappa shape index (κ2) is 4.42. The highest BCUT2D eigenvalue weighted by Crippen LogP contribution is 2.33. The normalized spacial score (nSPS) is 23.9. The smallest absolute Gasteiger partial charge is 0.389 e. The molecular weight excluding hydrogens is 245 g/mol. The average Bonchev–Trinajstić information content (AvgIpc) is 2.71. The summed E-state index contributed by atoms with van der Waals surface area (Å²) in [5, 5.41) is 13.4. The molecule has 6 heteroatoms. The zero-order chi connectivity index (χ0) is 13.5. The number of nitrogens with zero attached hydrogens (tertiary/aromatic N) is 2. The first-order chi connectivity index (χ1) is 8.28. The van der Waals surface area contributed by atoms with Crippen LogP contribution in [0.5, 0.6) is 0 Å². The van der Waals surface area contributed by atoms with Crippen LogP contribution in [-0.4, -0.2) is 27.2 Å². The second-order valence-corrected chi connectivity index (χ2v) is 4.65. The largest absolute Gasteiger partial charge is 0.408 e. The van der Waals surface area contributed by atoms with Crippen molar-refractivity contribution in [2.45, 2.75) is 45.0 Å². The molecule has 0 saturated heterocycles. The summed E-state index contributed by atoms with van der Waals surface area (Å²) >= 11 is 0. The van der Waals surface area contributed by atoms with Gasteiger partial charge in [0, 0.05) is 17.2 Å². The topological polar surface area (TPSA) is 38.0 Å². The van der Waals surface area contributed by atoms with Gasteiger partial charge in [0.05, 0.1) is 11.8 Å². The lowest BCUT2D eigenvalue weighted by Gasteiger charge is -2.11. The number of rotatable bonds is 2. The molecule has 0 bridgehead atoms. The van der Waals surface area contributed by atoms with Crippen LogP contribution in [0.15, 0.2) is 12.2 Å². The third-order valence-corrected chi connectivity index (χ3v) is 3.20. The second-order valence-electron chi connectivity index (χ2n) is 4.65. The SMILES string of the molecule is Cc1nn(CC(F)(F)F)c(C)c1C1C=CC(O)C1. The Labute approximate surface area is 103 Å². The van der Waals surface area contributed by atoms with Gasteiger partial charge in [-0.2, -0.15) is 18.3 Å². The van der Waals surface area contributed by atoms with Crippen LogP contribution in [0.1, 0.15) is 29.3 Å². The van der Waals surface area contributed by atoms with Crippen LogP contribution in [-0.2, 0) is 6.54 Å². The molecule has 1 aliphatic carbocycles. The predicted molar refractivity (Wildman–Crippen MR) is 60.3 cm³/mol. The van der Waals surface area contributed by atoms with Gasteiger partial charge in [-0.1, -0.05) is 12.2 Å². The summed E-state index contributed by atoms with van der Waals surface area (Å²) in [7, 11) is 0. The number of aromatic nitrogens is 2. The standard InChI is InChI=1S/C12H15F3N2O/c1-7-11(9-3-4-10(18)5-9)8(2)17(16-7)6-12(13,14)15/h3-4,9-10,18H,5-6H2,1-2H3. The third kappa shape index (κ3) is 2.58. The van der Waals surface area contributed by atoms with Gasteiger partial charge in [0.1, 0.15) is 6.54 Å². The summed E-state index contributed by atoms with van der Waals surface area (Å²) in [6, 6.07) is 0. The van der Waals surface area contributed by atoms with Crippen LogP contribution in [0.3, 0.4) is 0 Å². The van der Waals surface area contributed by atoms with Crippen molar-refractivity contribution in [3.63, 3.8) is 0 Å². The number of allylic oxidation sites excluding steroid dienone is 1. The van der Waals surface area contributed by atoms with Crippen molar-refractivity contribution >= 4 is 0 Å². The number of aryl methyl sites for hydroxylation is 1. The van der Waals surface area contributed by atoms with Crippen molar-refractivity contribution < 1.29 is 18.3 Å². The average molecular weight is 260 g/mol. The van der Waals surface area contributed by atoms with Crippen molar-refractivity contribution in [1.82, 2.24) is 9.78 Å². The molecule has 1 heterocycles. The van der Waals surface area contributed by atoms with E-state index in [1.54, 1.807) is 19.9 Å². The first kappa shape index (κ1) is 13.1. The molecule has 0 saturated carbocycles. The Bertz CT molecular complexity index is 476. The van der Waals surface area contributed by atoms with E-state index >= 15 is 0 Å². The molecule has 0 aliphatic heterocycles. The van der Waals surface area contributed by atoms with E-state index in [0.717, 1.165) is 10.2 Å². The fourth-order valence-corrected chi connectivity index (χ4v) is 2.46. The van der Waals surface area contributed by atoms with Crippen molar-refractivity contribution in [3.05, 3.63) is 29.1 Å². The minimum atomic E-state index is -4.27. The molecule has 0 fully saturated rings. The van der Waals surface area contributed by atoms with E-state index in [1.165, 1.54) is 0 Å². The highest BCUT2D eigenvalue weighted by molar-refractivity contribution is 5.34. The lowest BCUT2D eigenvalue weighted by molar-refractivity contribution is -0.142. The number of alkyl halides is 3. The van der Waals surface area contributed by atoms with Crippen LogP contribution < -0.4 is 0 Å². The predicted octanol–water partition coefficient (Wildman–Crippen LogP) is 2.47. The Hall–Kier alpha value is -1.30. The molecule has 18 heavy (non-hydrogen) atoms. The third-order valence-electron chi connectivity index (χ3n) is 3.20. The fourth-order valence-electron chi connectivity index (χ4n) is 2.46. The molecule has 0 radical (unpaired) electrons. The Kier molecular flexibility index (Phi) is 3.23. The summed E-state index contributed by atoms with van der Waals surface area (Å²) in [5.41, 5.74) is 1.92. The quantitative estimate of drug-likeness (QED) is 0.829. The van der Waals surface area contributed by atoms with Crippen molar-refractivity contribution in [1.29, 1.82) is 0 Å². The minimum absolute atomic E-state index is 0.0398. The van der Waals surface area contributed by atoms with Crippen molar-refractivity contribution in [2.24, 2.45) is 0 Å². The van der Waals surface area contributed by atoms with Gasteiger partial charge in [-0.3, -0.25) is 4.68 Å². The first-order valence-corrected chi connectivity index (χ1v) is 5.75. The van der Waals surface area contributed by atoms with Crippen LogP contribution in [0.4, 0.5) is 13.2 Å². The molecule has 0 aromatic carbocycles. The molecule has 1 aromatic rings. The van der Waals surface area contributed by atoms with Gasteiger partial charge in [-0.25, -0.2) is 0 Å². The molecule has 1 aromatic heterocycles. The maximum absolute atomic E-state index is 12.4. The molecular formula is C12H15F3N2O. The molecule has 0 spiro atoms. The monoisotopic (exact) mass is 260 g/mol. The Balaban J connectivity index is 2.30. The minimum Gasteiger partial charge on any atom is -0.389 e. The molecule has 2 unspecified atom stereocenters. The Morgan fingerprint density at radius 1 is 1.39 bits per heavy atom. The van der Waals surface area contributed by atoms with Gasteiger partial charge in [0.2, 0.25) is 0 Å². The van der Waals surface area contributed by atoms with E-state index in [4.69, 9.17) is 0 Å². The Morgan fingerprint density at radius 2 is 2.06 bits per heavy atom. The summed E-state index contributed by atoms with van der Waals surface area (Å²) in [4.78, 5) is 0. The molecule has 3 nitrogen and oxygen atoms in total. The van der Waals surface area contributed by atoms with E-state index < -0.39 is 18.8 Å². The molecule has 2 atom stereocenters. The van der Waals surface area contributed by atoms with E-state index in [2.05, 4.69) is 5.10 Å². The van der Waals surface area contributed by atoms with Gasteiger partial charge in [0.15, 0.2) is 0 Å². The van der Waals surface area contributed by atoms with E-state index in [0.29, 0.717) is 17.8 Å². The fraction of sp³-hybridized carbons (Fsp3) is 0.583. The number of halogens is 3. The zero-order valence-corrected chi connectivity index (χ0v) is 10.2. The maximum Gasteiger partial charge on any atom is 0.408 e. The lowest BCUT2D eigenvalue weighted by Crippen LogP contribution is -2.19. The summed E-state index contributed by atoms with van der Waals surface area (Å²) < 4.78 is 38.1. The van der Waals surface area contributed by atoms with Crippen molar-refractivity contribution in [3.8, 4) is 0 Å². The molecule has 100 valence electrons. The number of hydrogen-bond acceptors (Lipinski definition) is 2. The molecule has 1 N–H and O–H groups in total. The lowest BCUT2D eigenvalue weighted by atomic mass is 9.96. The first-order valence-electron chi connectivity index (χ1n) is 5.75. The van der Waals surface area contributed by atoms with E-state index in [1.807, 2.05) is 6.08 Å². The molecule has 0 amide bonds. The molecule has 1 aliphatic rings. The van der Waals surface area contributed by atoms with E-state index in [9.17, 15) is 18.3 Å². The molecule has 2 rings (SSSR count). The van der Waals surface area contributed by atoms with Crippen LogP contribution >= 0.6 is 0 Å². The van der Waals surface area contributed by atoms with Crippen LogP contribution in [0, 0.1) is 13.8 Å². The number of aliphatic hydroxyl groups excluding tert-OH is 1. The summed E-state index contributed by atoms with van der Waals surface area (Å²) in [6.45, 7) is 2.27. The maximum atomic E-state index is 12.4. The number of aliphatic hydroxyl groups is 1. The zero-order valence-electron chi connectivity index (χ0n) is 10.2. The Morgan fingerprint density at radius 3 is 2.56 bits per heavy atom. The number of hydrogen-bond donors (Lipinski definition) is 1. The van der Waals surface area contributed by atoms with Gasteiger partial charge in [-0.15, -0.1) is 0 Å². The van der Waals surface area contributed by atoms with Gasteiger partial charge >= 0.3 is 6.18 Å². The summed E-state index contributed by atoms with van der Waals surface area (Å²) in [5.74, 6) is -0.0398. The van der Waals surface area contributed by atoms with Gasteiger partial charge < -0.3 is 5.11 Å². The van der Waals surface area contributed by atoms with Crippen molar-refractivity contribution in [2.75, 3.05) is 0 Å². The van der Waals surface area contributed by atoms with Crippen LogP contribution in [0.2, 0.25) is 0 Å². The van der Waals surface area contributed by atoms with E-state index in [-0.39, 0.29) is 5.92 Å². The van der Waals surface area contributed by atoms with Gasteiger partial charge in [-0.05, 0) is 20.3 Å². The highest BCUT2D eigenvalue weighted by atomic mass is 19.4.